The number of nitrogens with zero attached hydrogens (tertiary/aromatic N) is 2. The van der Waals surface area contributed by atoms with E-state index >= 15 is 0 Å². The summed E-state index contributed by atoms with van der Waals surface area (Å²) in [4.78, 5) is 29.2. The molecule has 0 aromatic carbocycles. The third-order valence-corrected chi connectivity index (χ3v) is 4.44. The lowest BCUT2D eigenvalue weighted by Crippen LogP contribution is -2.39. The van der Waals surface area contributed by atoms with Gasteiger partial charge in [-0.25, -0.2) is 0 Å². The number of hydrogen-bond acceptors (Lipinski definition) is 3. The smallest absolute Gasteiger partial charge is 0.227 e. The molecule has 1 aromatic heterocycles. The van der Waals surface area contributed by atoms with Gasteiger partial charge < -0.3 is 9.80 Å². The first-order valence-corrected chi connectivity index (χ1v) is 8.05. The Labute approximate surface area is 124 Å². The van der Waals surface area contributed by atoms with Crippen LogP contribution in [0.1, 0.15) is 25.1 Å². The number of rotatable bonds is 3. The standard InChI is InChI=1S/C15H22N2O2S/c1-12(2)15(19)17-7-4-6-16(8-9-17)14(18)11-13-5-3-10-20-13/h3,5,10,12H,4,6-9,11H2,1-2H3. The fraction of sp³-hybridized carbons (Fsp3) is 0.600. The summed E-state index contributed by atoms with van der Waals surface area (Å²) in [5, 5.41) is 1.99. The van der Waals surface area contributed by atoms with Gasteiger partial charge in [0.05, 0.1) is 6.42 Å². The number of carbonyl (C=O) groups excluding carboxylic acids is 2. The predicted octanol–water partition coefficient (Wildman–Crippen LogP) is 2.01. The highest BCUT2D eigenvalue weighted by Gasteiger charge is 2.23. The van der Waals surface area contributed by atoms with Crippen molar-refractivity contribution in [3.05, 3.63) is 22.4 Å². The fourth-order valence-electron chi connectivity index (χ4n) is 2.43. The summed E-state index contributed by atoms with van der Waals surface area (Å²) < 4.78 is 0. The largest absolute Gasteiger partial charge is 0.341 e. The molecule has 2 amide bonds. The van der Waals surface area contributed by atoms with Crippen LogP contribution >= 0.6 is 11.3 Å². The molecule has 1 aliphatic heterocycles. The molecule has 0 atom stereocenters. The second-order valence-corrected chi connectivity index (χ2v) is 6.50. The molecule has 20 heavy (non-hydrogen) atoms. The first-order chi connectivity index (χ1) is 9.58. The molecule has 0 aliphatic carbocycles. The zero-order valence-corrected chi connectivity index (χ0v) is 13.0. The average Bonchev–Trinajstić information content (AvgIpc) is 2.79. The number of carbonyl (C=O) groups is 2. The van der Waals surface area contributed by atoms with Gasteiger partial charge in [0, 0.05) is 37.0 Å². The van der Waals surface area contributed by atoms with Crippen molar-refractivity contribution in [2.75, 3.05) is 26.2 Å². The van der Waals surface area contributed by atoms with Gasteiger partial charge in [0.25, 0.3) is 0 Å². The van der Waals surface area contributed by atoms with Gasteiger partial charge in [-0.05, 0) is 17.9 Å². The van der Waals surface area contributed by atoms with Gasteiger partial charge in [-0.3, -0.25) is 9.59 Å². The van der Waals surface area contributed by atoms with E-state index in [1.807, 2.05) is 41.2 Å². The molecule has 1 fully saturated rings. The van der Waals surface area contributed by atoms with Crippen LogP contribution < -0.4 is 0 Å². The van der Waals surface area contributed by atoms with E-state index < -0.39 is 0 Å². The van der Waals surface area contributed by atoms with Crippen molar-refractivity contribution < 1.29 is 9.59 Å². The monoisotopic (exact) mass is 294 g/mol. The van der Waals surface area contributed by atoms with E-state index in [1.54, 1.807) is 11.3 Å². The quantitative estimate of drug-likeness (QED) is 0.855. The lowest BCUT2D eigenvalue weighted by molar-refractivity contribution is -0.135. The third-order valence-electron chi connectivity index (χ3n) is 3.56. The first kappa shape index (κ1) is 15.0. The van der Waals surface area contributed by atoms with Crippen LogP contribution in [0, 0.1) is 5.92 Å². The van der Waals surface area contributed by atoms with E-state index in [2.05, 4.69) is 0 Å². The molecular formula is C15H22N2O2S. The van der Waals surface area contributed by atoms with Gasteiger partial charge in [0.1, 0.15) is 0 Å². The molecule has 2 rings (SSSR count). The SMILES string of the molecule is CC(C)C(=O)N1CCCN(C(=O)Cc2cccs2)CC1. The molecule has 0 bridgehead atoms. The van der Waals surface area contributed by atoms with E-state index in [0.29, 0.717) is 19.5 Å². The van der Waals surface area contributed by atoms with E-state index in [1.165, 1.54) is 0 Å². The molecule has 1 aromatic rings. The maximum atomic E-state index is 12.3. The Balaban J connectivity index is 1.89. The fourth-order valence-corrected chi connectivity index (χ4v) is 3.12. The highest BCUT2D eigenvalue weighted by atomic mass is 32.1. The Morgan fingerprint density at radius 1 is 1.20 bits per heavy atom. The second-order valence-electron chi connectivity index (χ2n) is 5.47. The zero-order valence-electron chi connectivity index (χ0n) is 12.2. The van der Waals surface area contributed by atoms with E-state index in [-0.39, 0.29) is 17.7 Å². The van der Waals surface area contributed by atoms with Crippen molar-refractivity contribution in [1.29, 1.82) is 0 Å². The third kappa shape index (κ3) is 3.82. The molecule has 0 saturated carbocycles. The summed E-state index contributed by atoms with van der Waals surface area (Å²) in [7, 11) is 0. The van der Waals surface area contributed by atoms with Crippen LogP contribution in [0.2, 0.25) is 0 Å². The second kappa shape index (κ2) is 6.88. The van der Waals surface area contributed by atoms with Crippen molar-refractivity contribution in [3.8, 4) is 0 Å². The van der Waals surface area contributed by atoms with Crippen molar-refractivity contribution in [3.63, 3.8) is 0 Å². The molecular weight excluding hydrogens is 272 g/mol. The van der Waals surface area contributed by atoms with Crippen molar-refractivity contribution in [2.45, 2.75) is 26.7 Å². The number of thiophene rings is 1. The summed E-state index contributed by atoms with van der Waals surface area (Å²) >= 11 is 1.62. The summed E-state index contributed by atoms with van der Waals surface area (Å²) in [6.45, 7) is 6.68. The molecule has 2 heterocycles. The minimum Gasteiger partial charge on any atom is -0.341 e. The molecule has 0 spiro atoms. The van der Waals surface area contributed by atoms with E-state index in [0.717, 1.165) is 24.4 Å². The molecule has 4 nitrogen and oxygen atoms in total. The van der Waals surface area contributed by atoms with Crippen molar-refractivity contribution >= 4 is 23.2 Å². The number of amides is 2. The normalized spacial score (nSPS) is 16.4. The molecule has 0 N–H and O–H groups in total. The summed E-state index contributed by atoms with van der Waals surface area (Å²) in [6.07, 6.45) is 1.35. The topological polar surface area (TPSA) is 40.6 Å². The molecule has 1 saturated heterocycles. The van der Waals surface area contributed by atoms with Crippen LogP contribution in [0.25, 0.3) is 0 Å². The van der Waals surface area contributed by atoms with Crippen LogP contribution in [0.15, 0.2) is 17.5 Å². The number of hydrogen-bond donors (Lipinski definition) is 0. The van der Waals surface area contributed by atoms with Crippen LogP contribution in [-0.2, 0) is 16.0 Å². The lowest BCUT2D eigenvalue weighted by atomic mass is 10.2. The van der Waals surface area contributed by atoms with Crippen LogP contribution in [0.4, 0.5) is 0 Å². The average molecular weight is 294 g/mol. The van der Waals surface area contributed by atoms with E-state index in [9.17, 15) is 9.59 Å². The Morgan fingerprint density at radius 3 is 2.55 bits per heavy atom. The van der Waals surface area contributed by atoms with Crippen LogP contribution in [-0.4, -0.2) is 47.8 Å². The van der Waals surface area contributed by atoms with Crippen LogP contribution in [0.5, 0.6) is 0 Å². The van der Waals surface area contributed by atoms with Gasteiger partial charge in [0.2, 0.25) is 11.8 Å². The first-order valence-electron chi connectivity index (χ1n) is 7.17. The zero-order chi connectivity index (χ0) is 14.5. The van der Waals surface area contributed by atoms with Crippen molar-refractivity contribution in [1.82, 2.24) is 9.80 Å². The highest BCUT2D eigenvalue weighted by molar-refractivity contribution is 7.10. The molecule has 0 unspecified atom stereocenters. The van der Waals surface area contributed by atoms with E-state index in [4.69, 9.17) is 0 Å². The van der Waals surface area contributed by atoms with Gasteiger partial charge in [-0.1, -0.05) is 19.9 Å². The van der Waals surface area contributed by atoms with Gasteiger partial charge in [0.15, 0.2) is 0 Å². The maximum Gasteiger partial charge on any atom is 0.227 e. The van der Waals surface area contributed by atoms with Crippen LogP contribution in [0.3, 0.4) is 0 Å². The molecule has 1 aliphatic rings. The maximum absolute atomic E-state index is 12.3. The minimum atomic E-state index is 0.0309. The van der Waals surface area contributed by atoms with Gasteiger partial charge >= 0.3 is 0 Å². The van der Waals surface area contributed by atoms with Gasteiger partial charge in [-0.2, -0.15) is 0 Å². The molecule has 0 radical (unpaired) electrons. The summed E-state index contributed by atoms with van der Waals surface area (Å²) in [6, 6.07) is 3.97. The summed E-state index contributed by atoms with van der Waals surface area (Å²) in [5.74, 6) is 0.396. The predicted molar refractivity (Wildman–Crippen MR) is 80.6 cm³/mol. The Hall–Kier alpha value is -1.36. The molecule has 5 heteroatoms. The Kier molecular flexibility index (Phi) is 5.17. The molecule has 110 valence electrons. The van der Waals surface area contributed by atoms with Gasteiger partial charge in [-0.15, -0.1) is 11.3 Å². The lowest BCUT2D eigenvalue weighted by Gasteiger charge is -2.23. The Morgan fingerprint density at radius 2 is 1.90 bits per heavy atom. The Bertz CT molecular complexity index is 456. The highest BCUT2D eigenvalue weighted by Crippen LogP contribution is 2.13. The van der Waals surface area contributed by atoms with Crippen molar-refractivity contribution in [2.24, 2.45) is 5.92 Å². The summed E-state index contributed by atoms with van der Waals surface area (Å²) in [5.41, 5.74) is 0. The minimum absolute atomic E-state index is 0.0309.